The van der Waals surface area contributed by atoms with E-state index in [0.717, 1.165) is 5.39 Å². The molecule has 1 amide bonds. The standard InChI is InChI=1S/C23H25FN2O4/c1-23(2,3)30-22(29)25-12-6-8-16-17-13-14(15-7-4-5-9-18(15)24)10-11-19(17)26-20(16)21(27)28/h4-5,7,9-11,13,26H,6,8,12H2,1-3H3,(H,25,29)(H,27,28). The first-order valence-electron chi connectivity index (χ1n) is 9.75. The molecular weight excluding hydrogens is 387 g/mol. The average molecular weight is 412 g/mol. The van der Waals surface area contributed by atoms with Crippen molar-refractivity contribution >= 4 is 23.0 Å². The minimum Gasteiger partial charge on any atom is -0.477 e. The number of nitrogens with one attached hydrogen (secondary N) is 2. The fourth-order valence-electron chi connectivity index (χ4n) is 3.32. The second kappa shape index (κ2) is 8.57. The number of alkyl carbamates (subject to hydrolysis) is 1. The highest BCUT2D eigenvalue weighted by Crippen LogP contribution is 2.30. The lowest BCUT2D eigenvalue weighted by atomic mass is 9.99. The summed E-state index contributed by atoms with van der Waals surface area (Å²) < 4.78 is 19.4. The fourth-order valence-corrected chi connectivity index (χ4v) is 3.32. The number of aromatic amines is 1. The van der Waals surface area contributed by atoms with Crippen LogP contribution in [-0.4, -0.2) is 34.3 Å². The van der Waals surface area contributed by atoms with Gasteiger partial charge in [-0.25, -0.2) is 14.0 Å². The number of hydrogen-bond acceptors (Lipinski definition) is 3. The Morgan fingerprint density at radius 2 is 1.90 bits per heavy atom. The van der Waals surface area contributed by atoms with Crippen LogP contribution in [0.5, 0.6) is 0 Å². The van der Waals surface area contributed by atoms with E-state index in [0.29, 0.717) is 41.6 Å². The van der Waals surface area contributed by atoms with Gasteiger partial charge in [0.05, 0.1) is 0 Å². The van der Waals surface area contributed by atoms with Crippen molar-refractivity contribution in [3.05, 3.63) is 59.5 Å². The normalized spacial score (nSPS) is 11.5. The lowest BCUT2D eigenvalue weighted by Crippen LogP contribution is -2.33. The Morgan fingerprint density at radius 3 is 2.57 bits per heavy atom. The Morgan fingerprint density at radius 1 is 1.17 bits per heavy atom. The molecule has 2 aromatic carbocycles. The molecule has 3 rings (SSSR count). The lowest BCUT2D eigenvalue weighted by molar-refractivity contribution is 0.0526. The Balaban J connectivity index is 1.82. The molecule has 30 heavy (non-hydrogen) atoms. The van der Waals surface area contributed by atoms with E-state index in [1.54, 1.807) is 57.2 Å². The number of rotatable bonds is 6. The molecule has 0 unspecified atom stereocenters. The summed E-state index contributed by atoms with van der Waals surface area (Å²) >= 11 is 0. The first kappa shape index (κ1) is 21.4. The van der Waals surface area contributed by atoms with Crippen molar-refractivity contribution in [1.82, 2.24) is 10.3 Å². The van der Waals surface area contributed by atoms with E-state index < -0.39 is 17.7 Å². The van der Waals surface area contributed by atoms with Gasteiger partial charge in [0.2, 0.25) is 0 Å². The number of fused-ring (bicyclic) bond motifs is 1. The first-order valence-corrected chi connectivity index (χ1v) is 9.75. The molecule has 0 atom stereocenters. The molecule has 1 heterocycles. The summed E-state index contributed by atoms with van der Waals surface area (Å²) in [6.07, 6.45) is 0.441. The number of carbonyl (C=O) groups is 2. The van der Waals surface area contributed by atoms with Crippen molar-refractivity contribution in [3.8, 4) is 11.1 Å². The highest BCUT2D eigenvalue weighted by atomic mass is 19.1. The number of carboxylic acid groups (broad SMARTS) is 1. The van der Waals surface area contributed by atoms with E-state index in [9.17, 15) is 19.1 Å². The van der Waals surface area contributed by atoms with Gasteiger partial charge in [-0.1, -0.05) is 24.3 Å². The molecule has 0 radical (unpaired) electrons. The average Bonchev–Trinajstić information content (AvgIpc) is 3.02. The molecule has 0 bridgehead atoms. The summed E-state index contributed by atoms with van der Waals surface area (Å²) in [7, 11) is 0. The maximum Gasteiger partial charge on any atom is 0.407 e. The highest BCUT2D eigenvalue weighted by Gasteiger charge is 2.19. The number of aromatic carboxylic acids is 1. The number of halogens is 1. The van der Waals surface area contributed by atoms with Crippen molar-refractivity contribution < 1.29 is 23.8 Å². The van der Waals surface area contributed by atoms with Gasteiger partial charge < -0.3 is 20.1 Å². The third kappa shape index (κ3) is 4.97. The van der Waals surface area contributed by atoms with Crippen molar-refractivity contribution in [3.63, 3.8) is 0 Å². The predicted octanol–water partition coefficient (Wildman–Crippen LogP) is 5.13. The Bertz CT molecular complexity index is 1080. The summed E-state index contributed by atoms with van der Waals surface area (Å²) in [6, 6.07) is 11.8. The summed E-state index contributed by atoms with van der Waals surface area (Å²) in [6.45, 7) is 5.69. The largest absolute Gasteiger partial charge is 0.477 e. The molecular formula is C23H25FN2O4. The number of carboxylic acids is 1. The molecule has 0 aliphatic rings. The van der Waals surface area contributed by atoms with E-state index >= 15 is 0 Å². The number of H-pyrrole nitrogens is 1. The van der Waals surface area contributed by atoms with Gasteiger partial charge in [-0.2, -0.15) is 0 Å². The highest BCUT2D eigenvalue weighted by molar-refractivity contribution is 5.98. The van der Waals surface area contributed by atoms with Crippen LogP contribution < -0.4 is 5.32 Å². The second-order valence-electron chi connectivity index (χ2n) is 8.06. The summed E-state index contributed by atoms with van der Waals surface area (Å²) in [4.78, 5) is 26.4. The van der Waals surface area contributed by atoms with E-state index in [1.807, 2.05) is 0 Å². The van der Waals surface area contributed by atoms with Gasteiger partial charge in [-0.15, -0.1) is 0 Å². The predicted molar refractivity (Wildman–Crippen MR) is 113 cm³/mol. The van der Waals surface area contributed by atoms with Crippen LogP contribution in [0.2, 0.25) is 0 Å². The Hall–Kier alpha value is -3.35. The monoisotopic (exact) mass is 412 g/mol. The maximum atomic E-state index is 14.2. The molecule has 0 fully saturated rings. The maximum absolute atomic E-state index is 14.2. The lowest BCUT2D eigenvalue weighted by Gasteiger charge is -2.19. The smallest absolute Gasteiger partial charge is 0.407 e. The van der Waals surface area contributed by atoms with Crippen LogP contribution >= 0.6 is 0 Å². The summed E-state index contributed by atoms with van der Waals surface area (Å²) in [5.74, 6) is -1.40. The molecule has 7 heteroatoms. The summed E-state index contributed by atoms with van der Waals surface area (Å²) in [5, 5.41) is 13.0. The van der Waals surface area contributed by atoms with Gasteiger partial charge >= 0.3 is 12.1 Å². The van der Waals surface area contributed by atoms with Crippen LogP contribution in [0.3, 0.4) is 0 Å². The third-order valence-corrected chi connectivity index (χ3v) is 4.58. The minimum absolute atomic E-state index is 0.105. The van der Waals surface area contributed by atoms with Gasteiger partial charge in [0.15, 0.2) is 0 Å². The zero-order valence-corrected chi connectivity index (χ0v) is 17.2. The van der Waals surface area contributed by atoms with Crippen LogP contribution in [-0.2, 0) is 11.2 Å². The van der Waals surface area contributed by atoms with Crippen molar-refractivity contribution in [2.45, 2.75) is 39.2 Å². The van der Waals surface area contributed by atoms with Crippen LogP contribution in [0.25, 0.3) is 22.0 Å². The summed E-state index contributed by atoms with van der Waals surface area (Å²) in [5.41, 5.74) is 1.94. The quantitative estimate of drug-likeness (QED) is 0.490. The van der Waals surface area contributed by atoms with Gasteiger partial charge in [-0.3, -0.25) is 0 Å². The molecule has 3 aromatic rings. The Labute approximate surface area is 174 Å². The molecule has 0 saturated carbocycles. The number of ether oxygens (including phenoxy) is 1. The second-order valence-corrected chi connectivity index (χ2v) is 8.06. The molecule has 0 aliphatic heterocycles. The number of hydrogen-bond donors (Lipinski definition) is 3. The van der Waals surface area contributed by atoms with Crippen molar-refractivity contribution in [2.75, 3.05) is 6.54 Å². The van der Waals surface area contributed by atoms with Crippen molar-refractivity contribution in [2.24, 2.45) is 0 Å². The molecule has 0 saturated heterocycles. The van der Waals surface area contributed by atoms with Crippen LogP contribution in [0.1, 0.15) is 43.2 Å². The third-order valence-electron chi connectivity index (χ3n) is 4.58. The van der Waals surface area contributed by atoms with Crippen LogP contribution in [0, 0.1) is 5.82 Å². The SMILES string of the molecule is CC(C)(C)OC(=O)NCCCc1c(C(=O)O)[nH]c2ccc(-c3ccccc3F)cc12. The fraction of sp³-hybridized carbons (Fsp3) is 0.304. The molecule has 6 nitrogen and oxygen atoms in total. The molecule has 1 aromatic heterocycles. The van der Waals surface area contributed by atoms with Crippen molar-refractivity contribution in [1.29, 1.82) is 0 Å². The minimum atomic E-state index is -1.06. The number of carbonyl (C=O) groups excluding carboxylic acids is 1. The first-order chi connectivity index (χ1) is 14.2. The van der Waals surface area contributed by atoms with Gasteiger partial charge in [-0.05, 0) is 62.9 Å². The zero-order chi connectivity index (χ0) is 21.9. The zero-order valence-electron chi connectivity index (χ0n) is 17.2. The van der Waals surface area contributed by atoms with Crippen LogP contribution in [0.4, 0.5) is 9.18 Å². The number of aryl methyl sites for hydroxylation is 1. The van der Waals surface area contributed by atoms with Gasteiger partial charge in [0.25, 0.3) is 0 Å². The van der Waals surface area contributed by atoms with E-state index in [2.05, 4.69) is 10.3 Å². The number of benzene rings is 2. The molecule has 0 aliphatic carbocycles. The number of amides is 1. The van der Waals surface area contributed by atoms with E-state index in [4.69, 9.17) is 4.74 Å². The molecule has 158 valence electrons. The van der Waals surface area contributed by atoms with Gasteiger partial charge in [0, 0.05) is 23.0 Å². The van der Waals surface area contributed by atoms with E-state index in [-0.39, 0.29) is 11.5 Å². The topological polar surface area (TPSA) is 91.4 Å². The molecule has 3 N–H and O–H groups in total. The van der Waals surface area contributed by atoms with Gasteiger partial charge in [0.1, 0.15) is 17.1 Å². The number of aromatic nitrogens is 1. The Kier molecular flexibility index (Phi) is 6.10. The van der Waals surface area contributed by atoms with Crippen LogP contribution in [0.15, 0.2) is 42.5 Å². The molecule has 0 spiro atoms. The van der Waals surface area contributed by atoms with E-state index in [1.165, 1.54) is 6.07 Å².